The normalized spacial score (nSPS) is 15.0. The summed E-state index contributed by atoms with van der Waals surface area (Å²) in [7, 11) is -2.32. The molecule has 11 heteroatoms. The molecule has 6 rings (SSSR count). The second-order valence-electron chi connectivity index (χ2n) is 14.2. The second kappa shape index (κ2) is 14.2. The quantitative estimate of drug-likeness (QED) is 0.141. The molecular formula is C40H46N6O4S. The summed E-state index contributed by atoms with van der Waals surface area (Å²) in [4.78, 5) is 19.3. The molecule has 2 amide bonds. The van der Waals surface area contributed by atoms with E-state index in [0.29, 0.717) is 36.3 Å². The van der Waals surface area contributed by atoms with Crippen molar-refractivity contribution in [2.45, 2.75) is 70.4 Å². The fraction of sp³-hybridized carbons (Fsp3) is 0.325. The SMILES string of the molecule is COc1cc(C(C)C)c(NC(=O)NS(=O)(=NC(c2ccccc2)(c2ccccc2)c2ccccc2)c2cnn3c2OCC(C)(C)C3)c(C(C)C)n1. The minimum absolute atomic E-state index is 0.0186. The van der Waals surface area contributed by atoms with E-state index < -0.39 is 21.5 Å². The van der Waals surface area contributed by atoms with Gasteiger partial charge in [0.2, 0.25) is 11.8 Å². The Morgan fingerprint density at radius 1 is 0.922 bits per heavy atom. The predicted octanol–water partition coefficient (Wildman–Crippen LogP) is 8.51. The molecule has 5 aromatic rings. The Balaban J connectivity index is 1.61. The number of ether oxygens (including phenoxy) is 2. The highest BCUT2D eigenvalue weighted by Crippen LogP contribution is 2.44. The highest BCUT2D eigenvalue weighted by Gasteiger charge is 2.41. The van der Waals surface area contributed by atoms with Crippen molar-refractivity contribution in [3.05, 3.63) is 131 Å². The average molecular weight is 707 g/mol. The smallest absolute Gasteiger partial charge is 0.332 e. The third-order valence-electron chi connectivity index (χ3n) is 8.98. The topological polar surface area (TPSA) is 120 Å². The Morgan fingerprint density at radius 2 is 1.47 bits per heavy atom. The van der Waals surface area contributed by atoms with Gasteiger partial charge in [0.25, 0.3) is 0 Å². The molecule has 1 unspecified atom stereocenters. The summed E-state index contributed by atoms with van der Waals surface area (Å²) in [6.45, 7) is 13.1. The number of amides is 2. The van der Waals surface area contributed by atoms with Gasteiger partial charge in [-0.3, -0.25) is 0 Å². The first-order valence-electron chi connectivity index (χ1n) is 17.2. The van der Waals surface area contributed by atoms with E-state index in [1.807, 2.05) is 125 Å². The van der Waals surface area contributed by atoms with Crippen LogP contribution in [-0.4, -0.2) is 38.7 Å². The maximum absolute atomic E-state index is 16.0. The fourth-order valence-corrected chi connectivity index (χ4v) is 8.32. The van der Waals surface area contributed by atoms with E-state index in [2.05, 4.69) is 29.0 Å². The third kappa shape index (κ3) is 7.08. The standard InChI is InChI=1S/C40H46N6O4S/c1-27(2)32-23-34(49-7)42-35(28(3)4)36(32)43-38(47)44-51(48,33-24-41-46-25-39(5,6)26-50-37(33)46)45-40(29-17-11-8-12-18-29,30-19-13-9-14-20-30)31-21-15-10-16-22-31/h8-24,27-28H,25-26H2,1-7H3,(H2,43,44,45,47,48). The van der Waals surface area contributed by atoms with Gasteiger partial charge in [0, 0.05) is 11.5 Å². The minimum Gasteiger partial charge on any atom is -0.481 e. The van der Waals surface area contributed by atoms with E-state index >= 15 is 4.21 Å². The van der Waals surface area contributed by atoms with E-state index in [9.17, 15) is 4.79 Å². The Morgan fingerprint density at radius 3 is 1.96 bits per heavy atom. The first-order valence-corrected chi connectivity index (χ1v) is 18.7. The van der Waals surface area contributed by atoms with Crippen molar-refractivity contribution in [1.82, 2.24) is 19.5 Å². The summed E-state index contributed by atoms with van der Waals surface area (Å²) in [5, 5.41) is 7.64. The van der Waals surface area contributed by atoms with Gasteiger partial charge in [-0.25, -0.2) is 23.4 Å². The van der Waals surface area contributed by atoms with Crippen LogP contribution in [0.2, 0.25) is 0 Å². The zero-order chi connectivity index (χ0) is 36.4. The molecule has 1 aliphatic rings. The summed E-state index contributed by atoms with van der Waals surface area (Å²) in [6.07, 6.45) is 1.50. The Hall–Kier alpha value is -5.16. The lowest BCUT2D eigenvalue weighted by molar-refractivity contribution is 0.0971. The first kappa shape index (κ1) is 35.7. The predicted molar refractivity (Wildman–Crippen MR) is 201 cm³/mol. The molecule has 2 aromatic heterocycles. The summed E-state index contributed by atoms with van der Waals surface area (Å²) < 4.78 is 37.7. The second-order valence-corrected chi connectivity index (χ2v) is 16.1. The lowest BCUT2D eigenvalue weighted by atomic mass is 9.78. The van der Waals surface area contributed by atoms with Crippen LogP contribution in [0.4, 0.5) is 10.5 Å². The Labute approximate surface area is 300 Å². The van der Waals surface area contributed by atoms with E-state index in [-0.39, 0.29) is 22.1 Å². The van der Waals surface area contributed by atoms with Gasteiger partial charge in [-0.05, 0) is 34.1 Å². The molecule has 2 N–H and O–H groups in total. The Kier molecular flexibility index (Phi) is 9.94. The Bertz CT molecular complexity index is 2000. The number of hydrogen-bond acceptors (Lipinski definition) is 7. The lowest BCUT2D eigenvalue weighted by Crippen LogP contribution is -2.39. The summed E-state index contributed by atoms with van der Waals surface area (Å²) in [5.74, 6) is 0.730. The molecule has 0 spiro atoms. The number of carbonyl (C=O) groups excluding carboxylic acids is 1. The maximum Gasteiger partial charge on any atom is 0.332 e. The average Bonchev–Trinajstić information content (AvgIpc) is 3.54. The van der Waals surface area contributed by atoms with Crippen molar-refractivity contribution in [3.63, 3.8) is 0 Å². The number of methoxy groups -OCH3 is 1. The molecule has 1 aliphatic heterocycles. The van der Waals surface area contributed by atoms with Crippen LogP contribution < -0.4 is 19.5 Å². The van der Waals surface area contributed by atoms with Crippen LogP contribution in [0.1, 0.15) is 81.3 Å². The third-order valence-corrected chi connectivity index (χ3v) is 10.8. The number of carbonyl (C=O) groups is 1. The molecule has 0 saturated carbocycles. The molecule has 0 radical (unpaired) electrons. The van der Waals surface area contributed by atoms with E-state index in [4.69, 9.17) is 18.8 Å². The number of anilines is 1. The van der Waals surface area contributed by atoms with Crippen LogP contribution >= 0.6 is 0 Å². The number of nitrogens with zero attached hydrogens (tertiary/aromatic N) is 4. The number of nitrogens with one attached hydrogen (secondary N) is 2. The van der Waals surface area contributed by atoms with Crippen molar-refractivity contribution >= 4 is 21.6 Å². The monoisotopic (exact) mass is 706 g/mol. The highest BCUT2D eigenvalue weighted by atomic mass is 32.2. The molecule has 266 valence electrons. The van der Waals surface area contributed by atoms with E-state index in [0.717, 1.165) is 22.3 Å². The van der Waals surface area contributed by atoms with Gasteiger partial charge in [0.15, 0.2) is 9.92 Å². The number of rotatable bonds is 10. The molecule has 0 saturated heterocycles. The number of pyridine rings is 1. The van der Waals surface area contributed by atoms with Gasteiger partial charge in [-0.2, -0.15) is 9.46 Å². The molecule has 1 atom stereocenters. The lowest BCUT2D eigenvalue weighted by Gasteiger charge is -2.34. The zero-order valence-electron chi connectivity index (χ0n) is 30.2. The molecule has 3 aromatic carbocycles. The number of hydrogen-bond donors (Lipinski definition) is 2. The van der Waals surface area contributed by atoms with Gasteiger partial charge in [-0.15, -0.1) is 0 Å². The summed E-state index contributed by atoms with van der Waals surface area (Å²) >= 11 is 0. The summed E-state index contributed by atoms with van der Waals surface area (Å²) in [5.41, 5.74) is 2.79. The van der Waals surface area contributed by atoms with Crippen molar-refractivity contribution in [1.29, 1.82) is 0 Å². The molecule has 0 aliphatic carbocycles. The molecule has 3 heterocycles. The maximum atomic E-state index is 16.0. The van der Waals surface area contributed by atoms with Crippen molar-refractivity contribution in [2.75, 3.05) is 19.0 Å². The number of benzene rings is 3. The van der Waals surface area contributed by atoms with Gasteiger partial charge >= 0.3 is 6.03 Å². The van der Waals surface area contributed by atoms with Crippen LogP contribution in [0.25, 0.3) is 0 Å². The van der Waals surface area contributed by atoms with E-state index in [1.165, 1.54) is 6.20 Å². The molecule has 10 nitrogen and oxygen atoms in total. The van der Waals surface area contributed by atoms with Crippen molar-refractivity contribution in [2.24, 2.45) is 9.78 Å². The van der Waals surface area contributed by atoms with Crippen molar-refractivity contribution in [3.8, 4) is 11.8 Å². The minimum atomic E-state index is -3.89. The first-order chi connectivity index (χ1) is 24.4. The number of fused-ring (bicyclic) bond motifs is 1. The largest absolute Gasteiger partial charge is 0.481 e. The number of aromatic nitrogens is 3. The molecule has 51 heavy (non-hydrogen) atoms. The van der Waals surface area contributed by atoms with Gasteiger partial charge < -0.3 is 14.8 Å². The van der Waals surface area contributed by atoms with E-state index in [1.54, 1.807) is 11.8 Å². The van der Waals surface area contributed by atoms with Crippen molar-refractivity contribution < 1.29 is 18.5 Å². The van der Waals surface area contributed by atoms with Crippen LogP contribution in [0.15, 0.2) is 113 Å². The van der Waals surface area contributed by atoms with Crippen LogP contribution in [0.3, 0.4) is 0 Å². The molecule has 0 bridgehead atoms. The van der Waals surface area contributed by atoms with Crippen LogP contribution in [0, 0.1) is 5.41 Å². The summed E-state index contributed by atoms with van der Waals surface area (Å²) in [6, 6.07) is 30.2. The van der Waals surface area contributed by atoms with Crippen LogP contribution in [-0.2, 0) is 22.0 Å². The zero-order valence-corrected chi connectivity index (χ0v) is 31.0. The van der Waals surface area contributed by atoms with Gasteiger partial charge in [0.1, 0.15) is 10.4 Å². The van der Waals surface area contributed by atoms with Gasteiger partial charge in [0.05, 0.1) is 37.8 Å². The highest BCUT2D eigenvalue weighted by molar-refractivity contribution is 7.92. The number of urea groups is 1. The molecular weight excluding hydrogens is 661 g/mol. The fourth-order valence-electron chi connectivity index (χ4n) is 6.47. The van der Waals surface area contributed by atoms with Crippen LogP contribution in [0.5, 0.6) is 11.8 Å². The molecule has 0 fully saturated rings. The van der Waals surface area contributed by atoms with Gasteiger partial charge in [-0.1, -0.05) is 133 Å².